The summed E-state index contributed by atoms with van der Waals surface area (Å²) in [7, 11) is 0. The van der Waals surface area contributed by atoms with Gasteiger partial charge in [0.1, 0.15) is 6.10 Å². The Morgan fingerprint density at radius 1 is 1.07 bits per heavy atom. The predicted molar refractivity (Wildman–Crippen MR) is 118 cm³/mol. The van der Waals surface area contributed by atoms with E-state index >= 15 is 0 Å². The fourth-order valence-electron chi connectivity index (χ4n) is 5.65. The molecule has 1 saturated carbocycles. The van der Waals surface area contributed by atoms with Gasteiger partial charge in [-0.3, -0.25) is 9.69 Å². The molecule has 0 N–H and O–H groups in total. The summed E-state index contributed by atoms with van der Waals surface area (Å²) in [5, 5.41) is 0. The van der Waals surface area contributed by atoms with Gasteiger partial charge in [-0.15, -0.1) is 0 Å². The highest BCUT2D eigenvalue weighted by atomic mass is 16.6. The van der Waals surface area contributed by atoms with E-state index in [1.165, 1.54) is 30.5 Å². The van der Waals surface area contributed by atoms with Gasteiger partial charge in [0.15, 0.2) is 0 Å². The number of ether oxygens (including phenoxy) is 1. The molecule has 29 heavy (non-hydrogen) atoms. The first kappa shape index (κ1) is 20.7. The van der Waals surface area contributed by atoms with Crippen LogP contribution in [-0.2, 0) is 9.53 Å². The van der Waals surface area contributed by atoms with Crippen LogP contribution >= 0.6 is 0 Å². The van der Waals surface area contributed by atoms with E-state index in [2.05, 4.69) is 47.9 Å². The van der Waals surface area contributed by atoms with Crippen molar-refractivity contribution in [2.75, 3.05) is 37.6 Å². The van der Waals surface area contributed by atoms with Crippen LogP contribution in [0, 0.1) is 5.41 Å². The van der Waals surface area contributed by atoms with Crippen molar-refractivity contribution in [1.29, 1.82) is 0 Å². The second kappa shape index (κ2) is 9.07. The quantitative estimate of drug-likeness (QED) is 0.633. The maximum absolute atomic E-state index is 12.4. The Labute approximate surface area is 176 Å². The summed E-state index contributed by atoms with van der Waals surface area (Å²) in [4.78, 5) is 17.6. The lowest BCUT2D eigenvalue weighted by Gasteiger charge is -2.37. The number of hydrogen-bond acceptors (Lipinski definition) is 4. The molecule has 2 aliphatic heterocycles. The van der Waals surface area contributed by atoms with Crippen LogP contribution in [0.1, 0.15) is 76.7 Å². The van der Waals surface area contributed by atoms with E-state index in [1.54, 1.807) is 0 Å². The fraction of sp³-hybridized carbons (Fsp3) is 0.720. The first-order valence-electron chi connectivity index (χ1n) is 11.8. The number of nitrogens with zero attached hydrogens (tertiary/aromatic N) is 2. The number of benzene rings is 1. The Balaban J connectivity index is 1.21. The highest BCUT2D eigenvalue weighted by Gasteiger charge is 2.48. The minimum atomic E-state index is -0.113. The fourth-order valence-corrected chi connectivity index (χ4v) is 5.65. The van der Waals surface area contributed by atoms with Crippen LogP contribution in [0.25, 0.3) is 0 Å². The van der Waals surface area contributed by atoms with Gasteiger partial charge in [-0.1, -0.05) is 51.3 Å². The zero-order valence-corrected chi connectivity index (χ0v) is 18.4. The molecule has 2 saturated heterocycles. The number of hydrogen-bond donors (Lipinski definition) is 0. The Morgan fingerprint density at radius 3 is 2.52 bits per heavy atom. The van der Waals surface area contributed by atoms with Gasteiger partial charge >= 0.3 is 5.97 Å². The molecule has 0 bridgehead atoms. The number of rotatable bonds is 6. The molecule has 4 nitrogen and oxygen atoms in total. The monoisotopic (exact) mass is 398 g/mol. The van der Waals surface area contributed by atoms with Crippen LogP contribution in [0.4, 0.5) is 5.69 Å². The zero-order chi connectivity index (χ0) is 20.3. The molecular weight excluding hydrogens is 360 g/mol. The number of carbonyl (C=O) groups excluding carboxylic acids is 1. The molecule has 0 aromatic heterocycles. The van der Waals surface area contributed by atoms with E-state index in [1.807, 2.05) is 0 Å². The summed E-state index contributed by atoms with van der Waals surface area (Å²) in [5.41, 5.74) is 2.76. The molecule has 160 valence electrons. The van der Waals surface area contributed by atoms with E-state index in [4.69, 9.17) is 4.74 Å². The molecule has 1 aromatic rings. The van der Waals surface area contributed by atoms with Gasteiger partial charge in [0.2, 0.25) is 0 Å². The number of para-hydroxylation sites is 1. The molecule has 1 aromatic carbocycles. The Kier molecular flexibility index (Phi) is 6.48. The first-order chi connectivity index (χ1) is 14.1. The highest BCUT2D eigenvalue weighted by molar-refractivity contribution is 5.79. The van der Waals surface area contributed by atoms with E-state index < -0.39 is 0 Å². The van der Waals surface area contributed by atoms with Gasteiger partial charge in [0.05, 0.1) is 5.41 Å². The van der Waals surface area contributed by atoms with Gasteiger partial charge in [0, 0.05) is 38.3 Å². The zero-order valence-electron chi connectivity index (χ0n) is 18.4. The van der Waals surface area contributed by atoms with Gasteiger partial charge in [-0.05, 0) is 49.8 Å². The molecule has 0 unspecified atom stereocenters. The van der Waals surface area contributed by atoms with Crippen molar-refractivity contribution in [3.63, 3.8) is 0 Å². The molecule has 0 amide bonds. The normalized spacial score (nSPS) is 25.0. The van der Waals surface area contributed by atoms with Gasteiger partial charge in [0.25, 0.3) is 0 Å². The van der Waals surface area contributed by atoms with E-state index in [9.17, 15) is 4.79 Å². The van der Waals surface area contributed by atoms with Gasteiger partial charge < -0.3 is 9.64 Å². The Morgan fingerprint density at radius 2 is 1.79 bits per heavy atom. The van der Waals surface area contributed by atoms with Crippen molar-refractivity contribution in [3.05, 3.63) is 29.8 Å². The number of cyclic esters (lactones) is 1. The standard InChI is InChI=1S/C25H38N2O2/c1-20(2)22-10-4-5-11-23(22)27-17-15-26(16-18-27)14-8-9-21-19-25(24(28)29-21)12-6-3-7-13-25/h4-5,10-11,20-21H,3,6-9,12-19H2,1-2H3/t21-/m1/s1. The van der Waals surface area contributed by atoms with E-state index in [0.29, 0.717) is 5.92 Å². The van der Waals surface area contributed by atoms with Crippen molar-refractivity contribution < 1.29 is 9.53 Å². The van der Waals surface area contributed by atoms with Crippen molar-refractivity contribution in [2.45, 2.75) is 77.2 Å². The average Bonchev–Trinajstić information content (AvgIpc) is 3.03. The molecule has 3 fully saturated rings. The molecule has 1 aliphatic carbocycles. The van der Waals surface area contributed by atoms with Crippen molar-refractivity contribution >= 4 is 11.7 Å². The summed E-state index contributed by atoms with van der Waals surface area (Å²) in [5.74, 6) is 0.672. The summed E-state index contributed by atoms with van der Waals surface area (Å²) in [6, 6.07) is 8.87. The summed E-state index contributed by atoms with van der Waals surface area (Å²) in [6.45, 7) is 10.1. The molecular formula is C25H38N2O2. The number of anilines is 1. The lowest BCUT2D eigenvalue weighted by atomic mass is 9.72. The minimum Gasteiger partial charge on any atom is -0.462 e. The second-order valence-corrected chi connectivity index (χ2v) is 9.76. The third-order valence-electron chi connectivity index (χ3n) is 7.41. The SMILES string of the molecule is CC(C)c1ccccc1N1CCN(CCC[C@@H]2CC3(CCCCC3)C(=O)O2)CC1. The van der Waals surface area contributed by atoms with E-state index in [0.717, 1.165) is 64.8 Å². The topological polar surface area (TPSA) is 32.8 Å². The number of esters is 1. The average molecular weight is 399 g/mol. The van der Waals surface area contributed by atoms with Crippen molar-refractivity contribution in [1.82, 2.24) is 4.90 Å². The minimum absolute atomic E-state index is 0.111. The molecule has 4 rings (SSSR count). The lowest BCUT2D eigenvalue weighted by molar-refractivity contribution is -0.150. The van der Waals surface area contributed by atoms with Crippen LogP contribution in [0.3, 0.4) is 0 Å². The Hall–Kier alpha value is -1.55. The Bertz CT molecular complexity index is 688. The second-order valence-electron chi connectivity index (χ2n) is 9.76. The van der Waals surface area contributed by atoms with Gasteiger partial charge in [-0.25, -0.2) is 0 Å². The van der Waals surface area contributed by atoms with Crippen LogP contribution < -0.4 is 4.90 Å². The maximum Gasteiger partial charge on any atom is 0.312 e. The highest BCUT2D eigenvalue weighted by Crippen LogP contribution is 2.46. The number of piperazine rings is 1. The summed E-state index contributed by atoms with van der Waals surface area (Å²) >= 11 is 0. The molecule has 4 heteroatoms. The van der Waals surface area contributed by atoms with Crippen LogP contribution in [-0.4, -0.2) is 49.7 Å². The lowest BCUT2D eigenvalue weighted by Crippen LogP contribution is -2.47. The van der Waals surface area contributed by atoms with Crippen LogP contribution in [0.2, 0.25) is 0 Å². The molecule has 0 radical (unpaired) electrons. The molecule has 1 atom stereocenters. The number of carbonyl (C=O) groups is 1. The summed E-state index contributed by atoms with van der Waals surface area (Å²) in [6.07, 6.45) is 9.11. The smallest absolute Gasteiger partial charge is 0.312 e. The predicted octanol–water partition coefficient (Wildman–Crippen LogP) is 4.98. The van der Waals surface area contributed by atoms with Crippen molar-refractivity contribution in [3.8, 4) is 0 Å². The molecule has 2 heterocycles. The summed E-state index contributed by atoms with van der Waals surface area (Å²) < 4.78 is 5.79. The molecule has 3 aliphatic rings. The van der Waals surface area contributed by atoms with Crippen LogP contribution in [0.15, 0.2) is 24.3 Å². The van der Waals surface area contributed by atoms with Crippen LogP contribution in [0.5, 0.6) is 0 Å². The maximum atomic E-state index is 12.4. The van der Waals surface area contributed by atoms with Gasteiger partial charge in [-0.2, -0.15) is 0 Å². The van der Waals surface area contributed by atoms with E-state index in [-0.39, 0.29) is 17.5 Å². The molecule has 1 spiro atoms. The largest absolute Gasteiger partial charge is 0.462 e. The third kappa shape index (κ3) is 4.63. The van der Waals surface area contributed by atoms with Crippen molar-refractivity contribution in [2.24, 2.45) is 5.41 Å². The first-order valence-corrected chi connectivity index (χ1v) is 11.8. The third-order valence-corrected chi connectivity index (χ3v) is 7.41.